The van der Waals surface area contributed by atoms with Crippen molar-refractivity contribution in [2.45, 2.75) is 19.0 Å². The number of anilines is 1. The zero-order chi connectivity index (χ0) is 20.6. The Bertz CT molecular complexity index is 824. The molecule has 2 aliphatic heterocycles. The van der Waals surface area contributed by atoms with E-state index in [1.165, 1.54) is 24.3 Å². The average molecular weight is 399 g/mol. The van der Waals surface area contributed by atoms with Gasteiger partial charge in [-0.15, -0.1) is 0 Å². The van der Waals surface area contributed by atoms with Crippen LogP contribution in [0, 0.1) is 11.8 Å². The van der Waals surface area contributed by atoms with Crippen LogP contribution in [0.3, 0.4) is 0 Å². The Morgan fingerprint density at radius 1 is 1.07 bits per heavy atom. The van der Waals surface area contributed by atoms with Crippen molar-refractivity contribution in [3.05, 3.63) is 29.8 Å². The van der Waals surface area contributed by atoms with Crippen LogP contribution in [0.2, 0.25) is 0 Å². The highest BCUT2D eigenvalue weighted by atomic mass is 19.4. The molecule has 1 aromatic rings. The number of benzene rings is 1. The van der Waals surface area contributed by atoms with Crippen LogP contribution in [0.25, 0.3) is 0 Å². The Kier molecular flexibility index (Phi) is 5.01. The topological polar surface area (TPSA) is 107 Å². The minimum absolute atomic E-state index is 0.0374. The van der Waals surface area contributed by atoms with Gasteiger partial charge in [0.1, 0.15) is 0 Å². The fourth-order valence-corrected chi connectivity index (χ4v) is 3.27. The maximum atomic E-state index is 13.1. The first-order valence-corrected chi connectivity index (χ1v) is 8.39. The van der Waals surface area contributed by atoms with Gasteiger partial charge in [-0.1, -0.05) is 0 Å². The highest BCUT2D eigenvalue weighted by Crippen LogP contribution is 2.38. The summed E-state index contributed by atoms with van der Waals surface area (Å²) in [6.45, 7) is -1.28. The van der Waals surface area contributed by atoms with Gasteiger partial charge in [0.05, 0.1) is 17.5 Å². The number of hydrogen-bond donors (Lipinski definition) is 2. The van der Waals surface area contributed by atoms with E-state index in [4.69, 9.17) is 5.11 Å². The number of nitrogens with one attached hydrogen (secondary N) is 1. The molecule has 0 spiro atoms. The lowest BCUT2D eigenvalue weighted by atomic mass is 9.96. The molecule has 11 heteroatoms. The second-order valence-electron chi connectivity index (χ2n) is 6.61. The number of rotatable bonds is 3. The minimum atomic E-state index is -4.73. The first kappa shape index (κ1) is 19.6. The monoisotopic (exact) mass is 399 g/mol. The maximum absolute atomic E-state index is 13.1. The average Bonchev–Trinajstić information content (AvgIpc) is 3.09. The number of halogens is 3. The zero-order valence-corrected chi connectivity index (χ0v) is 14.4. The van der Waals surface area contributed by atoms with Crippen LogP contribution < -0.4 is 10.4 Å². The van der Waals surface area contributed by atoms with Gasteiger partial charge in [0.15, 0.2) is 0 Å². The Labute approximate surface area is 156 Å². The van der Waals surface area contributed by atoms with Crippen LogP contribution in [-0.4, -0.2) is 53.0 Å². The summed E-state index contributed by atoms with van der Waals surface area (Å²) in [5.41, 5.74) is 2.73. The molecule has 150 valence electrons. The molecule has 0 bridgehead atoms. The number of amides is 3. The molecule has 0 unspecified atom stereocenters. The Hall–Kier alpha value is -3.11. The van der Waals surface area contributed by atoms with Crippen molar-refractivity contribution < 1.29 is 37.5 Å². The summed E-state index contributed by atoms with van der Waals surface area (Å²) in [5, 5.41) is 10.1. The van der Waals surface area contributed by atoms with Crippen LogP contribution in [-0.2, 0) is 14.4 Å². The molecule has 2 heterocycles. The predicted molar refractivity (Wildman–Crippen MR) is 87.9 cm³/mol. The van der Waals surface area contributed by atoms with Crippen molar-refractivity contribution >= 4 is 29.4 Å². The van der Waals surface area contributed by atoms with E-state index in [0.717, 1.165) is 9.91 Å². The lowest BCUT2D eigenvalue weighted by Gasteiger charge is -2.27. The summed E-state index contributed by atoms with van der Waals surface area (Å²) >= 11 is 0. The van der Waals surface area contributed by atoms with Crippen molar-refractivity contribution in [3.8, 4) is 0 Å². The van der Waals surface area contributed by atoms with Crippen LogP contribution in [0.4, 0.5) is 18.9 Å². The van der Waals surface area contributed by atoms with Gasteiger partial charge in [0.2, 0.25) is 11.8 Å². The third-order valence-corrected chi connectivity index (χ3v) is 4.77. The molecular formula is C17H16F3N3O5. The molecule has 3 rings (SSSR count). The molecule has 8 nitrogen and oxygen atoms in total. The van der Waals surface area contributed by atoms with Gasteiger partial charge in [-0.05, 0) is 24.3 Å². The van der Waals surface area contributed by atoms with E-state index in [-0.39, 0.29) is 30.2 Å². The lowest BCUT2D eigenvalue weighted by molar-refractivity contribution is -0.187. The number of hydrazine groups is 1. The number of carboxylic acid groups (broad SMARTS) is 1. The molecule has 2 N–H and O–H groups in total. The highest BCUT2D eigenvalue weighted by molar-refractivity contribution is 6.01. The number of alkyl halides is 3. The van der Waals surface area contributed by atoms with Gasteiger partial charge in [-0.2, -0.15) is 13.2 Å². The van der Waals surface area contributed by atoms with Crippen molar-refractivity contribution in [2.75, 3.05) is 18.1 Å². The second-order valence-corrected chi connectivity index (χ2v) is 6.61. The number of hydrogen-bond acceptors (Lipinski definition) is 4. The Morgan fingerprint density at radius 3 is 2.25 bits per heavy atom. The smallest absolute Gasteiger partial charge is 0.394 e. The van der Waals surface area contributed by atoms with Gasteiger partial charge in [-0.3, -0.25) is 24.6 Å². The number of likely N-dealkylation sites (tertiary alicyclic amines) is 1. The number of carboxylic acids is 1. The molecule has 0 saturated carbocycles. The number of aliphatic carboxylic acids is 1. The molecule has 2 saturated heterocycles. The quantitative estimate of drug-likeness (QED) is 0.794. The summed E-state index contributed by atoms with van der Waals surface area (Å²) in [7, 11) is 0. The van der Waals surface area contributed by atoms with Crippen LogP contribution in [0.5, 0.6) is 0 Å². The third-order valence-electron chi connectivity index (χ3n) is 4.77. The van der Waals surface area contributed by atoms with Gasteiger partial charge in [0.25, 0.3) is 5.91 Å². The Balaban J connectivity index is 1.75. The van der Waals surface area contributed by atoms with Crippen molar-refractivity contribution in [1.82, 2.24) is 10.3 Å². The minimum Gasteiger partial charge on any atom is -0.481 e. The van der Waals surface area contributed by atoms with Gasteiger partial charge >= 0.3 is 12.1 Å². The molecular weight excluding hydrogens is 383 g/mol. The standard InChI is InChI=1S/C17H16F3N3O5/c18-17(19,20)12-8-22(7-11(12)16(27)28)15(26)9-1-3-10(4-2-9)23-14(25)6-5-13(24)21-23/h1-4,11-12H,5-8H2,(H,21,24)(H,27,28)/t11-,12-/m1/s1. The number of carbonyl (C=O) groups is 4. The SMILES string of the molecule is O=C1CCC(=O)N(c2ccc(C(=O)N3C[C@@H](C(F)(F)F)[C@H](C(=O)O)C3)cc2)N1. The van der Waals surface area contributed by atoms with E-state index >= 15 is 0 Å². The summed E-state index contributed by atoms with van der Waals surface area (Å²) in [4.78, 5) is 47.8. The summed E-state index contributed by atoms with van der Waals surface area (Å²) in [6, 6.07) is 5.37. The molecule has 2 fully saturated rings. The van der Waals surface area contributed by atoms with Crippen LogP contribution in [0.1, 0.15) is 23.2 Å². The van der Waals surface area contributed by atoms with E-state index in [1.54, 1.807) is 0 Å². The van der Waals surface area contributed by atoms with Crippen LogP contribution >= 0.6 is 0 Å². The van der Waals surface area contributed by atoms with E-state index in [9.17, 15) is 32.3 Å². The normalized spacial score (nSPS) is 23.0. The largest absolute Gasteiger partial charge is 0.481 e. The molecule has 2 atom stereocenters. The Morgan fingerprint density at radius 2 is 1.71 bits per heavy atom. The van der Waals surface area contributed by atoms with Crippen molar-refractivity contribution in [2.24, 2.45) is 11.8 Å². The summed E-state index contributed by atoms with van der Waals surface area (Å²) in [6.07, 6.45) is -4.61. The van der Waals surface area contributed by atoms with Gasteiger partial charge < -0.3 is 10.0 Å². The first-order chi connectivity index (χ1) is 13.1. The van der Waals surface area contributed by atoms with E-state index in [0.29, 0.717) is 5.69 Å². The maximum Gasteiger partial charge on any atom is 0.394 e. The van der Waals surface area contributed by atoms with E-state index in [1.807, 2.05) is 0 Å². The van der Waals surface area contributed by atoms with E-state index in [2.05, 4.69) is 5.43 Å². The third kappa shape index (κ3) is 3.78. The molecule has 1 aromatic carbocycles. The molecule has 2 aliphatic rings. The predicted octanol–water partition coefficient (Wildman–Crippen LogP) is 1.18. The highest BCUT2D eigenvalue weighted by Gasteiger charge is 2.53. The molecule has 28 heavy (non-hydrogen) atoms. The van der Waals surface area contributed by atoms with Gasteiger partial charge in [-0.25, -0.2) is 5.01 Å². The second kappa shape index (κ2) is 7.13. The fraction of sp³-hybridized carbons (Fsp3) is 0.412. The molecule has 0 aliphatic carbocycles. The fourth-order valence-electron chi connectivity index (χ4n) is 3.27. The van der Waals surface area contributed by atoms with Gasteiger partial charge in [0, 0.05) is 31.5 Å². The van der Waals surface area contributed by atoms with Crippen molar-refractivity contribution in [3.63, 3.8) is 0 Å². The zero-order valence-electron chi connectivity index (χ0n) is 14.4. The molecule has 3 amide bonds. The van der Waals surface area contributed by atoms with E-state index < -0.39 is 43.0 Å². The summed E-state index contributed by atoms with van der Waals surface area (Å²) < 4.78 is 39.2. The first-order valence-electron chi connectivity index (χ1n) is 8.39. The summed E-state index contributed by atoms with van der Waals surface area (Å²) in [5.74, 6) is -6.87. The molecule has 0 aromatic heterocycles. The number of carbonyl (C=O) groups excluding carboxylic acids is 3. The van der Waals surface area contributed by atoms with Crippen LogP contribution in [0.15, 0.2) is 24.3 Å². The van der Waals surface area contributed by atoms with Crippen molar-refractivity contribution in [1.29, 1.82) is 0 Å². The lowest BCUT2D eigenvalue weighted by Crippen LogP contribution is -2.50. The number of nitrogens with zero attached hydrogens (tertiary/aromatic N) is 2. The molecule has 0 radical (unpaired) electrons.